The number of halogens is 3. The van der Waals surface area contributed by atoms with Crippen molar-refractivity contribution in [1.82, 2.24) is 15.6 Å². The Morgan fingerprint density at radius 1 is 1.22 bits per heavy atom. The molecule has 144 valence electrons. The minimum atomic E-state index is -0.220. The van der Waals surface area contributed by atoms with Crippen molar-refractivity contribution >= 4 is 52.4 Å². The minimum absolute atomic E-state index is 0.0459. The number of aliphatic imine (C=N–C) groups is 1. The van der Waals surface area contributed by atoms with Crippen molar-refractivity contribution in [2.45, 2.75) is 0 Å². The third-order valence-corrected chi connectivity index (χ3v) is 3.97. The molecular formula is C17H18Cl3N5O2. The molecule has 0 saturated carbocycles. The van der Waals surface area contributed by atoms with Crippen LogP contribution in [0.5, 0.6) is 5.75 Å². The van der Waals surface area contributed by atoms with E-state index in [4.69, 9.17) is 39.5 Å². The molecule has 1 aromatic heterocycles. The Morgan fingerprint density at radius 2 is 1.96 bits per heavy atom. The van der Waals surface area contributed by atoms with Crippen LogP contribution in [0, 0.1) is 0 Å². The molecule has 2 aromatic rings. The van der Waals surface area contributed by atoms with Crippen molar-refractivity contribution < 1.29 is 9.53 Å². The van der Waals surface area contributed by atoms with E-state index in [1.165, 1.54) is 0 Å². The minimum Gasteiger partial charge on any atom is -0.489 e. The summed E-state index contributed by atoms with van der Waals surface area (Å²) in [6.45, 7) is 0.743. The largest absolute Gasteiger partial charge is 0.489 e. The van der Waals surface area contributed by atoms with Gasteiger partial charge >= 0.3 is 0 Å². The second-order valence-electron chi connectivity index (χ2n) is 5.19. The Morgan fingerprint density at radius 3 is 2.59 bits per heavy atom. The highest BCUT2D eigenvalue weighted by atomic mass is 35.5. The average Bonchev–Trinajstić information content (AvgIpc) is 2.63. The molecule has 0 aliphatic heterocycles. The van der Waals surface area contributed by atoms with Gasteiger partial charge in [0.1, 0.15) is 6.61 Å². The number of hydrogen-bond acceptors (Lipinski definition) is 4. The van der Waals surface area contributed by atoms with Crippen LogP contribution in [0.2, 0.25) is 15.1 Å². The van der Waals surface area contributed by atoms with Gasteiger partial charge in [-0.2, -0.15) is 0 Å². The fourth-order valence-electron chi connectivity index (χ4n) is 2.02. The number of carbonyl (C=O) groups is 1. The van der Waals surface area contributed by atoms with Crippen LogP contribution in [0.4, 0.5) is 5.69 Å². The third kappa shape index (κ3) is 7.13. The molecule has 27 heavy (non-hydrogen) atoms. The number of hydrogen-bond donors (Lipinski definition) is 3. The molecule has 0 bridgehead atoms. The smallest absolute Gasteiger partial charge is 0.243 e. The van der Waals surface area contributed by atoms with E-state index in [0.29, 0.717) is 39.0 Å². The first-order chi connectivity index (χ1) is 13.0. The summed E-state index contributed by atoms with van der Waals surface area (Å²) >= 11 is 18.0. The molecule has 7 nitrogen and oxygen atoms in total. The topological polar surface area (TPSA) is 87.6 Å². The van der Waals surface area contributed by atoms with E-state index in [1.54, 1.807) is 43.7 Å². The van der Waals surface area contributed by atoms with Crippen molar-refractivity contribution in [1.29, 1.82) is 0 Å². The van der Waals surface area contributed by atoms with Crippen LogP contribution in [-0.2, 0) is 4.79 Å². The maximum atomic E-state index is 11.9. The van der Waals surface area contributed by atoms with Crippen molar-refractivity contribution in [3.63, 3.8) is 0 Å². The highest BCUT2D eigenvalue weighted by Gasteiger charge is 2.09. The first kappa shape index (κ1) is 21.1. The number of amides is 1. The van der Waals surface area contributed by atoms with Gasteiger partial charge in [-0.15, -0.1) is 0 Å². The Kier molecular flexibility index (Phi) is 8.44. The molecule has 0 unspecified atom stereocenters. The molecule has 0 fully saturated rings. The summed E-state index contributed by atoms with van der Waals surface area (Å²) in [6, 6.07) is 6.60. The van der Waals surface area contributed by atoms with E-state index in [1.807, 2.05) is 0 Å². The second kappa shape index (κ2) is 10.8. The van der Waals surface area contributed by atoms with Gasteiger partial charge in [-0.1, -0.05) is 34.8 Å². The van der Waals surface area contributed by atoms with Gasteiger partial charge < -0.3 is 20.7 Å². The van der Waals surface area contributed by atoms with Crippen LogP contribution >= 0.6 is 34.8 Å². The highest BCUT2D eigenvalue weighted by molar-refractivity contribution is 6.40. The molecule has 0 saturated heterocycles. The van der Waals surface area contributed by atoms with Gasteiger partial charge in [0.25, 0.3) is 0 Å². The first-order valence-corrected chi connectivity index (χ1v) is 9.04. The maximum Gasteiger partial charge on any atom is 0.243 e. The lowest BCUT2D eigenvalue weighted by atomic mass is 10.3. The van der Waals surface area contributed by atoms with Crippen molar-refractivity contribution in [3.8, 4) is 5.75 Å². The molecule has 1 heterocycles. The molecule has 1 aromatic carbocycles. The molecule has 0 aliphatic rings. The van der Waals surface area contributed by atoms with Gasteiger partial charge in [-0.05, 0) is 24.3 Å². The van der Waals surface area contributed by atoms with Crippen LogP contribution < -0.4 is 20.7 Å². The average molecular weight is 431 g/mol. The van der Waals surface area contributed by atoms with E-state index in [2.05, 4.69) is 25.9 Å². The molecule has 2 rings (SSSR count). The molecule has 0 atom stereocenters. The van der Waals surface area contributed by atoms with E-state index in [0.717, 1.165) is 0 Å². The fraction of sp³-hybridized carbons (Fsp3) is 0.235. The van der Waals surface area contributed by atoms with Crippen LogP contribution in [0.15, 0.2) is 41.7 Å². The van der Waals surface area contributed by atoms with Crippen molar-refractivity contribution in [2.75, 3.05) is 32.1 Å². The summed E-state index contributed by atoms with van der Waals surface area (Å²) < 4.78 is 5.57. The number of ether oxygens (including phenoxy) is 1. The number of benzene rings is 1. The van der Waals surface area contributed by atoms with Crippen LogP contribution in [-0.4, -0.2) is 43.6 Å². The van der Waals surface area contributed by atoms with Gasteiger partial charge in [0.05, 0.1) is 35.0 Å². The lowest BCUT2D eigenvalue weighted by Crippen LogP contribution is -2.42. The number of aromatic nitrogens is 1. The predicted octanol–water partition coefficient (Wildman–Crippen LogP) is 3.22. The predicted molar refractivity (Wildman–Crippen MR) is 109 cm³/mol. The Hall–Kier alpha value is -2.22. The molecule has 1 amide bonds. The number of guanidine groups is 1. The molecular weight excluding hydrogens is 413 g/mol. The summed E-state index contributed by atoms with van der Waals surface area (Å²) in [5, 5.41) is 9.74. The van der Waals surface area contributed by atoms with E-state index < -0.39 is 0 Å². The zero-order chi connectivity index (χ0) is 19.6. The van der Waals surface area contributed by atoms with Crippen LogP contribution in [0.25, 0.3) is 0 Å². The molecule has 0 radical (unpaired) electrons. The lowest BCUT2D eigenvalue weighted by Gasteiger charge is -2.14. The van der Waals surface area contributed by atoms with Gasteiger partial charge in [-0.3, -0.25) is 14.8 Å². The van der Waals surface area contributed by atoms with Gasteiger partial charge in [0.2, 0.25) is 5.91 Å². The van der Waals surface area contributed by atoms with Crippen molar-refractivity contribution in [3.05, 3.63) is 51.7 Å². The van der Waals surface area contributed by atoms with E-state index in [-0.39, 0.29) is 19.1 Å². The molecule has 0 spiro atoms. The molecule has 3 N–H and O–H groups in total. The van der Waals surface area contributed by atoms with Gasteiger partial charge in [0.15, 0.2) is 11.7 Å². The normalized spacial score (nSPS) is 11.0. The van der Waals surface area contributed by atoms with Crippen molar-refractivity contribution in [2.24, 2.45) is 4.99 Å². The molecule has 10 heteroatoms. The zero-order valence-electron chi connectivity index (χ0n) is 14.4. The Labute approximate surface area is 172 Å². The lowest BCUT2D eigenvalue weighted by molar-refractivity contribution is -0.115. The Bertz CT molecular complexity index is 779. The number of nitrogens with zero attached hydrogens (tertiary/aromatic N) is 2. The monoisotopic (exact) mass is 429 g/mol. The summed E-state index contributed by atoms with van der Waals surface area (Å²) in [4.78, 5) is 19.9. The maximum absolute atomic E-state index is 11.9. The summed E-state index contributed by atoms with van der Waals surface area (Å²) in [6.07, 6.45) is 3.20. The number of nitrogens with one attached hydrogen (secondary N) is 3. The SMILES string of the molecule is CN=C(NCCOc1c(Cl)cc(Cl)cc1Cl)NCC(=O)Nc1cccnc1. The second-order valence-corrected chi connectivity index (χ2v) is 6.44. The van der Waals surface area contributed by atoms with Gasteiger partial charge in [0, 0.05) is 18.3 Å². The van der Waals surface area contributed by atoms with Crippen LogP contribution in [0.1, 0.15) is 0 Å². The van der Waals surface area contributed by atoms with E-state index >= 15 is 0 Å². The Balaban J connectivity index is 1.72. The standard InChI is InChI=1S/C17H18Cl3N5O2/c1-21-17(24-10-15(26)25-12-3-2-4-22-9-12)23-5-6-27-16-13(19)7-11(18)8-14(16)20/h2-4,7-9H,5-6,10H2,1H3,(H,25,26)(H2,21,23,24). The third-order valence-electron chi connectivity index (χ3n) is 3.19. The van der Waals surface area contributed by atoms with Crippen LogP contribution in [0.3, 0.4) is 0 Å². The zero-order valence-corrected chi connectivity index (χ0v) is 16.7. The summed E-state index contributed by atoms with van der Waals surface area (Å²) in [5.41, 5.74) is 0.623. The highest BCUT2D eigenvalue weighted by Crippen LogP contribution is 2.35. The number of anilines is 1. The summed E-state index contributed by atoms with van der Waals surface area (Å²) in [7, 11) is 1.60. The number of rotatable bonds is 7. The summed E-state index contributed by atoms with van der Waals surface area (Å²) in [5.74, 6) is 0.596. The fourth-order valence-corrected chi connectivity index (χ4v) is 2.94. The quantitative estimate of drug-likeness (QED) is 0.357. The van der Waals surface area contributed by atoms with Gasteiger partial charge in [-0.25, -0.2) is 0 Å². The molecule has 0 aliphatic carbocycles. The number of pyridine rings is 1. The first-order valence-electron chi connectivity index (χ1n) is 7.91. The van der Waals surface area contributed by atoms with E-state index in [9.17, 15) is 4.79 Å². The number of carbonyl (C=O) groups excluding carboxylic acids is 1.